The molecule has 0 unspecified atom stereocenters. The zero-order chi connectivity index (χ0) is 11.5. The minimum atomic E-state index is -1.05. The Bertz CT molecular complexity index is 265. The van der Waals surface area contributed by atoms with Crippen molar-refractivity contribution in [2.45, 2.75) is 31.2 Å². The van der Waals surface area contributed by atoms with Crippen molar-refractivity contribution in [3.05, 3.63) is 0 Å². The second kappa shape index (κ2) is 4.48. The van der Waals surface area contributed by atoms with E-state index in [4.69, 9.17) is 22.3 Å². The molecule has 0 atom stereocenters. The molecule has 0 aromatic heterocycles. The molecule has 7 N–H and O–H groups in total. The van der Waals surface area contributed by atoms with Crippen molar-refractivity contribution in [2.75, 3.05) is 6.54 Å². The molecule has 0 spiro atoms. The quantitative estimate of drug-likeness (QED) is 0.362. The third-order valence-electron chi connectivity index (χ3n) is 2.96. The largest absolute Gasteiger partial charge is 0.480 e. The lowest BCUT2D eigenvalue weighted by Crippen LogP contribution is -2.50. The van der Waals surface area contributed by atoms with Gasteiger partial charge in [-0.15, -0.1) is 0 Å². The fourth-order valence-corrected chi connectivity index (χ4v) is 1.82. The number of nitrogens with two attached hydrogens (primary N) is 3. The normalized spacial score (nSPS) is 30.9. The second-order valence-electron chi connectivity index (χ2n) is 4.17. The maximum atomic E-state index is 10.9. The summed E-state index contributed by atoms with van der Waals surface area (Å²) in [7, 11) is 0. The molecular weight excluding hydrogens is 196 g/mol. The molecule has 0 radical (unpaired) electrons. The lowest BCUT2D eigenvalue weighted by Gasteiger charge is -2.32. The number of carbonyl (C=O) groups is 1. The number of rotatable bonds is 3. The van der Waals surface area contributed by atoms with Gasteiger partial charge in [-0.05, 0) is 31.6 Å². The standard InChI is InChI=1S/C9H18N4O2/c10-8(11)13-5-6-1-3-9(12,4-2-6)7(14)15/h6H,1-5,12H2,(H,14,15)(H4,10,11,13). The van der Waals surface area contributed by atoms with E-state index in [0.29, 0.717) is 25.3 Å². The predicted octanol–water partition coefficient (Wildman–Crippen LogP) is -0.768. The second-order valence-corrected chi connectivity index (χ2v) is 4.17. The van der Waals surface area contributed by atoms with Gasteiger partial charge < -0.3 is 22.3 Å². The Morgan fingerprint density at radius 2 is 1.93 bits per heavy atom. The van der Waals surface area contributed by atoms with E-state index in [1.807, 2.05) is 0 Å². The minimum Gasteiger partial charge on any atom is -0.480 e. The molecule has 0 bridgehead atoms. The van der Waals surface area contributed by atoms with Crippen LogP contribution in [0.5, 0.6) is 0 Å². The summed E-state index contributed by atoms with van der Waals surface area (Å²) in [5, 5.41) is 8.91. The highest BCUT2D eigenvalue weighted by atomic mass is 16.4. The van der Waals surface area contributed by atoms with Crippen LogP contribution in [-0.2, 0) is 4.79 Å². The lowest BCUT2D eigenvalue weighted by atomic mass is 9.77. The van der Waals surface area contributed by atoms with Crippen molar-refractivity contribution >= 4 is 11.9 Å². The van der Waals surface area contributed by atoms with Crippen LogP contribution in [-0.4, -0.2) is 29.1 Å². The van der Waals surface area contributed by atoms with E-state index in [-0.39, 0.29) is 5.96 Å². The Labute approximate surface area is 88.5 Å². The first-order valence-corrected chi connectivity index (χ1v) is 5.02. The molecule has 15 heavy (non-hydrogen) atoms. The van der Waals surface area contributed by atoms with Gasteiger partial charge in [-0.1, -0.05) is 0 Å². The maximum absolute atomic E-state index is 10.9. The molecule has 0 aromatic rings. The predicted molar refractivity (Wildman–Crippen MR) is 57.2 cm³/mol. The molecule has 0 aliphatic heterocycles. The summed E-state index contributed by atoms with van der Waals surface area (Å²) in [6, 6.07) is 0. The summed E-state index contributed by atoms with van der Waals surface area (Å²) in [5.74, 6) is -0.483. The zero-order valence-corrected chi connectivity index (χ0v) is 8.65. The van der Waals surface area contributed by atoms with E-state index in [0.717, 1.165) is 12.8 Å². The first-order valence-electron chi connectivity index (χ1n) is 5.02. The number of guanidine groups is 1. The van der Waals surface area contributed by atoms with Crippen molar-refractivity contribution in [2.24, 2.45) is 28.1 Å². The Morgan fingerprint density at radius 1 is 1.40 bits per heavy atom. The van der Waals surface area contributed by atoms with Gasteiger partial charge in [-0.2, -0.15) is 0 Å². The van der Waals surface area contributed by atoms with E-state index in [9.17, 15) is 4.79 Å². The van der Waals surface area contributed by atoms with Gasteiger partial charge in [0.2, 0.25) is 0 Å². The summed E-state index contributed by atoms with van der Waals surface area (Å²) in [4.78, 5) is 14.8. The van der Waals surface area contributed by atoms with Crippen molar-refractivity contribution < 1.29 is 9.90 Å². The van der Waals surface area contributed by atoms with Crippen LogP contribution in [0.15, 0.2) is 4.99 Å². The highest BCUT2D eigenvalue weighted by Crippen LogP contribution is 2.30. The van der Waals surface area contributed by atoms with Crippen LogP contribution in [0.25, 0.3) is 0 Å². The summed E-state index contributed by atoms with van der Waals surface area (Å²) in [5.41, 5.74) is 15.1. The Balaban J connectivity index is 2.42. The van der Waals surface area contributed by atoms with Crippen LogP contribution in [0.3, 0.4) is 0 Å². The van der Waals surface area contributed by atoms with Crippen LogP contribution in [0, 0.1) is 5.92 Å². The van der Waals surface area contributed by atoms with Gasteiger partial charge in [0.05, 0.1) is 0 Å². The molecule has 1 aliphatic rings. The van der Waals surface area contributed by atoms with Crippen LogP contribution in [0.1, 0.15) is 25.7 Å². The summed E-state index contributed by atoms with van der Waals surface area (Å²) < 4.78 is 0. The van der Waals surface area contributed by atoms with Crippen molar-refractivity contribution in [1.29, 1.82) is 0 Å². The smallest absolute Gasteiger partial charge is 0.323 e. The van der Waals surface area contributed by atoms with Crippen molar-refractivity contribution in [3.8, 4) is 0 Å². The summed E-state index contributed by atoms with van der Waals surface area (Å²) in [6.07, 6.45) is 2.51. The molecule has 0 heterocycles. The third-order valence-corrected chi connectivity index (χ3v) is 2.96. The SMILES string of the molecule is NC(N)=NCC1CCC(N)(C(=O)O)CC1. The van der Waals surface area contributed by atoms with E-state index >= 15 is 0 Å². The molecule has 1 rings (SSSR count). The van der Waals surface area contributed by atoms with Crippen molar-refractivity contribution in [3.63, 3.8) is 0 Å². The number of hydrogen-bond donors (Lipinski definition) is 4. The molecule has 1 fully saturated rings. The average Bonchev–Trinajstić information content (AvgIpc) is 2.16. The highest BCUT2D eigenvalue weighted by Gasteiger charge is 2.37. The van der Waals surface area contributed by atoms with Crippen LogP contribution >= 0.6 is 0 Å². The van der Waals surface area contributed by atoms with E-state index in [1.54, 1.807) is 0 Å². The first kappa shape index (κ1) is 11.8. The molecule has 6 heteroatoms. The molecular formula is C9H18N4O2. The molecule has 86 valence electrons. The number of nitrogens with zero attached hydrogens (tertiary/aromatic N) is 1. The number of aliphatic imine (C=N–C) groups is 1. The molecule has 0 aromatic carbocycles. The number of carboxylic acid groups (broad SMARTS) is 1. The number of aliphatic carboxylic acids is 1. The fraction of sp³-hybridized carbons (Fsp3) is 0.778. The van der Waals surface area contributed by atoms with Crippen LogP contribution in [0.4, 0.5) is 0 Å². The van der Waals surface area contributed by atoms with Gasteiger partial charge in [0.25, 0.3) is 0 Å². The first-order chi connectivity index (χ1) is 6.94. The van der Waals surface area contributed by atoms with Gasteiger partial charge in [0, 0.05) is 6.54 Å². The summed E-state index contributed by atoms with van der Waals surface area (Å²) >= 11 is 0. The highest BCUT2D eigenvalue weighted by molar-refractivity contribution is 5.78. The number of carboxylic acids is 1. The van der Waals surface area contributed by atoms with E-state index < -0.39 is 11.5 Å². The maximum Gasteiger partial charge on any atom is 0.323 e. The zero-order valence-electron chi connectivity index (χ0n) is 8.65. The Hall–Kier alpha value is -1.30. The van der Waals surface area contributed by atoms with Gasteiger partial charge >= 0.3 is 5.97 Å². The molecule has 6 nitrogen and oxygen atoms in total. The lowest BCUT2D eigenvalue weighted by molar-refractivity contribution is -0.144. The number of hydrogen-bond acceptors (Lipinski definition) is 3. The van der Waals surface area contributed by atoms with Gasteiger partial charge in [-0.3, -0.25) is 9.79 Å². The molecule has 1 saturated carbocycles. The molecule has 0 saturated heterocycles. The Kier molecular flexibility index (Phi) is 3.52. The van der Waals surface area contributed by atoms with Crippen molar-refractivity contribution in [1.82, 2.24) is 0 Å². The average molecular weight is 214 g/mol. The molecule has 1 aliphatic carbocycles. The van der Waals surface area contributed by atoms with E-state index in [2.05, 4.69) is 4.99 Å². The minimum absolute atomic E-state index is 0.0813. The fourth-order valence-electron chi connectivity index (χ4n) is 1.82. The van der Waals surface area contributed by atoms with Crippen LogP contribution < -0.4 is 17.2 Å². The van der Waals surface area contributed by atoms with Gasteiger partial charge in [0.15, 0.2) is 5.96 Å². The van der Waals surface area contributed by atoms with Crippen LogP contribution in [0.2, 0.25) is 0 Å². The van der Waals surface area contributed by atoms with Gasteiger partial charge in [0.1, 0.15) is 5.54 Å². The summed E-state index contributed by atoms with van der Waals surface area (Å²) in [6.45, 7) is 0.567. The topological polar surface area (TPSA) is 128 Å². The third kappa shape index (κ3) is 3.09. The Morgan fingerprint density at radius 3 is 2.33 bits per heavy atom. The monoisotopic (exact) mass is 214 g/mol. The molecule has 0 amide bonds. The van der Waals surface area contributed by atoms with E-state index in [1.165, 1.54) is 0 Å². The van der Waals surface area contributed by atoms with Gasteiger partial charge in [-0.25, -0.2) is 0 Å².